The van der Waals surface area contributed by atoms with Gasteiger partial charge in [-0.15, -0.1) is 0 Å². The lowest BCUT2D eigenvalue weighted by molar-refractivity contribution is -0.142. The average Bonchev–Trinajstić information content (AvgIpc) is 3.06. The minimum Gasteiger partial charge on any atom is -0.480 e. The van der Waals surface area contributed by atoms with Crippen molar-refractivity contribution >= 4 is 21.9 Å². The van der Waals surface area contributed by atoms with E-state index in [2.05, 4.69) is 29.8 Å². The molecule has 5 heteroatoms. The van der Waals surface area contributed by atoms with Gasteiger partial charge in [0.15, 0.2) is 0 Å². The number of halogens is 1. The van der Waals surface area contributed by atoms with Crippen molar-refractivity contribution in [3.63, 3.8) is 0 Å². The first-order valence-corrected chi connectivity index (χ1v) is 10.4. The third kappa shape index (κ3) is 6.16. The Bertz CT molecular complexity index is 654. The van der Waals surface area contributed by atoms with Crippen LogP contribution in [0, 0.1) is 5.92 Å². The van der Waals surface area contributed by atoms with Crippen LogP contribution < -0.4 is 0 Å². The molecular weight excluding hydrogens is 406 g/mol. The van der Waals surface area contributed by atoms with Gasteiger partial charge < -0.3 is 10.2 Å². The Hall–Kier alpha value is -1.69. The van der Waals surface area contributed by atoms with Gasteiger partial charge in [0.05, 0.1) is 12.1 Å². The molecule has 1 fully saturated rings. The van der Waals surface area contributed by atoms with E-state index in [9.17, 15) is 15.0 Å². The summed E-state index contributed by atoms with van der Waals surface area (Å²) in [6, 6.07) is 18.9. The van der Waals surface area contributed by atoms with Crippen molar-refractivity contribution < 1.29 is 15.0 Å². The SMILES string of the molecule is CC(C)CBr.O=C(O)[C@@H]1CC(O)CN1C(c1ccccc1)c1ccccc1. The molecule has 1 unspecified atom stereocenters. The molecular formula is C22H28BrNO3. The molecule has 0 aromatic heterocycles. The summed E-state index contributed by atoms with van der Waals surface area (Å²) in [5.41, 5.74) is 2.07. The number of aliphatic hydroxyl groups is 1. The van der Waals surface area contributed by atoms with E-state index < -0.39 is 18.1 Å². The lowest BCUT2D eigenvalue weighted by atomic mass is 9.96. The third-order valence-corrected chi connectivity index (χ3v) is 5.77. The number of carbonyl (C=O) groups is 1. The van der Waals surface area contributed by atoms with Gasteiger partial charge in [-0.25, -0.2) is 0 Å². The Morgan fingerprint density at radius 3 is 1.89 bits per heavy atom. The van der Waals surface area contributed by atoms with Crippen LogP contribution in [0.2, 0.25) is 0 Å². The fraction of sp³-hybridized carbons (Fsp3) is 0.409. The van der Waals surface area contributed by atoms with Crippen LogP contribution in [0.15, 0.2) is 60.7 Å². The quantitative estimate of drug-likeness (QED) is 0.688. The molecule has 27 heavy (non-hydrogen) atoms. The molecule has 1 heterocycles. The summed E-state index contributed by atoms with van der Waals surface area (Å²) in [7, 11) is 0. The number of benzene rings is 2. The summed E-state index contributed by atoms with van der Waals surface area (Å²) in [5, 5.41) is 20.6. The lowest BCUT2D eigenvalue weighted by Gasteiger charge is -2.31. The maximum atomic E-state index is 11.6. The van der Waals surface area contributed by atoms with Crippen LogP contribution in [0.3, 0.4) is 0 Å². The molecule has 4 nitrogen and oxygen atoms in total. The molecule has 0 aliphatic carbocycles. The van der Waals surface area contributed by atoms with Gasteiger partial charge in [0.25, 0.3) is 0 Å². The summed E-state index contributed by atoms with van der Waals surface area (Å²) in [6.07, 6.45) is -0.332. The Morgan fingerprint density at radius 1 is 1.07 bits per heavy atom. The molecule has 0 amide bonds. The van der Waals surface area contributed by atoms with E-state index in [4.69, 9.17) is 0 Å². The second kappa shape index (κ2) is 10.6. The molecule has 0 bridgehead atoms. The number of β-amino-alcohol motifs (C(OH)–C–C–N with tert-alkyl or cyclic N) is 1. The predicted molar refractivity (Wildman–Crippen MR) is 112 cm³/mol. The van der Waals surface area contributed by atoms with Crippen LogP contribution in [-0.2, 0) is 4.79 Å². The van der Waals surface area contributed by atoms with E-state index in [-0.39, 0.29) is 12.5 Å². The van der Waals surface area contributed by atoms with Gasteiger partial charge in [-0.1, -0.05) is 90.4 Å². The highest BCUT2D eigenvalue weighted by atomic mass is 79.9. The number of likely N-dealkylation sites (tertiary alicyclic amines) is 1. The lowest BCUT2D eigenvalue weighted by Crippen LogP contribution is -2.39. The van der Waals surface area contributed by atoms with Crippen LogP contribution >= 0.6 is 15.9 Å². The van der Waals surface area contributed by atoms with E-state index in [1.165, 1.54) is 0 Å². The van der Waals surface area contributed by atoms with Crippen molar-refractivity contribution in [3.05, 3.63) is 71.8 Å². The number of hydrogen-bond donors (Lipinski definition) is 2. The van der Waals surface area contributed by atoms with Crippen LogP contribution in [0.25, 0.3) is 0 Å². The van der Waals surface area contributed by atoms with Gasteiger partial charge in [-0.2, -0.15) is 0 Å². The van der Waals surface area contributed by atoms with Crippen LogP contribution in [0.1, 0.15) is 37.4 Å². The number of nitrogens with zero attached hydrogens (tertiary/aromatic N) is 1. The molecule has 0 radical (unpaired) electrons. The zero-order valence-corrected chi connectivity index (χ0v) is 17.4. The minimum atomic E-state index is -0.881. The summed E-state index contributed by atoms with van der Waals surface area (Å²) >= 11 is 3.31. The second-order valence-corrected chi connectivity index (χ2v) is 7.86. The highest BCUT2D eigenvalue weighted by Crippen LogP contribution is 2.34. The van der Waals surface area contributed by atoms with Crippen molar-refractivity contribution in [1.29, 1.82) is 0 Å². The molecule has 2 atom stereocenters. The fourth-order valence-corrected chi connectivity index (χ4v) is 3.21. The number of carboxylic acid groups (broad SMARTS) is 1. The summed E-state index contributed by atoms with van der Waals surface area (Å²) in [6.45, 7) is 4.72. The van der Waals surface area contributed by atoms with E-state index in [0.717, 1.165) is 22.4 Å². The van der Waals surface area contributed by atoms with Crippen LogP contribution in [0.5, 0.6) is 0 Å². The molecule has 1 saturated heterocycles. The highest BCUT2D eigenvalue weighted by Gasteiger charge is 2.40. The maximum Gasteiger partial charge on any atom is 0.321 e. The van der Waals surface area contributed by atoms with E-state index in [1.54, 1.807) is 0 Å². The number of carboxylic acids is 1. The van der Waals surface area contributed by atoms with E-state index >= 15 is 0 Å². The number of aliphatic carboxylic acids is 1. The third-order valence-electron chi connectivity index (χ3n) is 4.47. The molecule has 2 aromatic rings. The Morgan fingerprint density at radius 2 is 1.52 bits per heavy atom. The van der Waals surface area contributed by atoms with Crippen molar-refractivity contribution in [2.75, 3.05) is 11.9 Å². The minimum absolute atomic E-state index is 0.166. The van der Waals surface area contributed by atoms with E-state index in [0.29, 0.717) is 6.54 Å². The zero-order chi connectivity index (χ0) is 19.8. The van der Waals surface area contributed by atoms with Crippen molar-refractivity contribution in [2.24, 2.45) is 5.92 Å². The molecule has 3 rings (SSSR count). The molecule has 0 spiro atoms. The largest absolute Gasteiger partial charge is 0.480 e. The fourth-order valence-electron chi connectivity index (χ4n) is 3.21. The molecule has 2 N–H and O–H groups in total. The number of hydrogen-bond acceptors (Lipinski definition) is 3. The monoisotopic (exact) mass is 433 g/mol. The summed E-state index contributed by atoms with van der Waals surface area (Å²) in [5.74, 6) is -0.0802. The van der Waals surface area contributed by atoms with Crippen molar-refractivity contribution in [2.45, 2.75) is 38.5 Å². The smallest absolute Gasteiger partial charge is 0.321 e. The first-order chi connectivity index (χ1) is 12.9. The van der Waals surface area contributed by atoms with Crippen molar-refractivity contribution in [1.82, 2.24) is 4.90 Å². The van der Waals surface area contributed by atoms with Gasteiger partial charge in [-0.3, -0.25) is 9.69 Å². The number of aliphatic hydroxyl groups excluding tert-OH is 1. The maximum absolute atomic E-state index is 11.6. The van der Waals surface area contributed by atoms with Crippen LogP contribution in [-0.4, -0.2) is 45.1 Å². The van der Waals surface area contributed by atoms with Gasteiger partial charge >= 0.3 is 5.97 Å². The van der Waals surface area contributed by atoms with E-state index in [1.807, 2.05) is 65.6 Å². The van der Waals surface area contributed by atoms with Crippen molar-refractivity contribution in [3.8, 4) is 0 Å². The standard InChI is InChI=1S/C18H19NO3.C4H9Br/c20-15-11-16(18(21)22)19(12-15)17(13-7-3-1-4-8-13)14-9-5-2-6-10-14;1-4(2)3-5/h1-10,15-17,20H,11-12H2,(H,21,22);4H,3H2,1-2H3/t15?,16-;/m0./s1. The molecule has 2 aromatic carbocycles. The topological polar surface area (TPSA) is 60.8 Å². The van der Waals surface area contributed by atoms with Gasteiger partial charge in [0.2, 0.25) is 0 Å². The number of rotatable bonds is 5. The van der Waals surface area contributed by atoms with Gasteiger partial charge in [0.1, 0.15) is 6.04 Å². The zero-order valence-electron chi connectivity index (χ0n) is 15.8. The normalized spacial score (nSPS) is 19.8. The van der Waals surface area contributed by atoms with Crippen LogP contribution in [0.4, 0.5) is 0 Å². The average molecular weight is 434 g/mol. The molecule has 0 saturated carbocycles. The summed E-state index contributed by atoms with van der Waals surface area (Å²) < 4.78 is 0. The molecule has 1 aliphatic heterocycles. The molecule has 146 valence electrons. The number of alkyl halides is 1. The summed E-state index contributed by atoms with van der Waals surface area (Å²) in [4.78, 5) is 13.5. The van der Waals surface area contributed by atoms with Gasteiger partial charge in [-0.05, 0) is 17.0 Å². The molecule has 1 aliphatic rings. The highest BCUT2D eigenvalue weighted by molar-refractivity contribution is 9.09. The Balaban J connectivity index is 0.000000465. The predicted octanol–water partition coefficient (Wildman–Crippen LogP) is 4.33. The Labute approximate surface area is 170 Å². The second-order valence-electron chi connectivity index (χ2n) is 7.21. The first-order valence-electron chi connectivity index (χ1n) is 9.26. The Kier molecular flexibility index (Phi) is 8.48. The van der Waals surface area contributed by atoms with Gasteiger partial charge in [0, 0.05) is 18.3 Å². The first kappa shape index (κ1) is 21.6.